The van der Waals surface area contributed by atoms with Crippen molar-refractivity contribution in [3.63, 3.8) is 0 Å². The van der Waals surface area contributed by atoms with Gasteiger partial charge in [0.1, 0.15) is 23.9 Å². The van der Waals surface area contributed by atoms with Crippen LogP contribution in [0.2, 0.25) is 0 Å². The van der Waals surface area contributed by atoms with E-state index in [1.54, 1.807) is 19.2 Å². The Bertz CT molecular complexity index is 1390. The molecule has 1 aliphatic carbocycles. The van der Waals surface area contributed by atoms with Gasteiger partial charge in [0.05, 0.1) is 18.4 Å². The van der Waals surface area contributed by atoms with Crippen molar-refractivity contribution in [2.24, 2.45) is 0 Å². The second kappa shape index (κ2) is 11.7. The van der Waals surface area contributed by atoms with Gasteiger partial charge in [-0.25, -0.2) is 27.9 Å². The third-order valence-corrected chi connectivity index (χ3v) is 7.76. The summed E-state index contributed by atoms with van der Waals surface area (Å²) in [6.07, 6.45) is 4.41. The number of aromatic nitrogens is 2. The molecule has 3 aromatic rings. The van der Waals surface area contributed by atoms with E-state index in [4.69, 9.17) is 4.74 Å². The fourth-order valence-corrected chi connectivity index (χ4v) is 5.67. The lowest BCUT2D eigenvalue weighted by Gasteiger charge is -2.34. The van der Waals surface area contributed by atoms with Crippen LogP contribution in [-0.4, -0.2) is 48.3 Å². The number of halogens is 3. The molecule has 0 bridgehead atoms. The van der Waals surface area contributed by atoms with Crippen LogP contribution >= 0.6 is 0 Å². The zero-order chi connectivity index (χ0) is 28.4. The smallest absolute Gasteiger partial charge is 0.314 e. The fourth-order valence-electron chi connectivity index (χ4n) is 5.67. The normalized spacial score (nSPS) is 18.7. The minimum atomic E-state index is -0.668. The molecule has 0 unspecified atom stereocenters. The van der Waals surface area contributed by atoms with Crippen LogP contribution in [0.25, 0.3) is 11.3 Å². The van der Waals surface area contributed by atoms with Gasteiger partial charge in [0.15, 0.2) is 17.4 Å². The van der Waals surface area contributed by atoms with E-state index >= 15 is 4.39 Å². The van der Waals surface area contributed by atoms with Gasteiger partial charge in [-0.05, 0) is 74.8 Å². The summed E-state index contributed by atoms with van der Waals surface area (Å²) in [5.41, 5.74) is 2.15. The van der Waals surface area contributed by atoms with Gasteiger partial charge in [-0.15, -0.1) is 0 Å². The zero-order valence-corrected chi connectivity index (χ0v) is 22.9. The van der Waals surface area contributed by atoms with Crippen molar-refractivity contribution in [2.75, 3.05) is 25.1 Å². The molecule has 212 valence electrons. The molecule has 0 atom stereocenters. The maximum absolute atomic E-state index is 15.2. The molecule has 0 radical (unpaired) electrons. The fraction of sp³-hybridized carbons (Fsp3) is 0.433. The monoisotopic (exact) mass is 553 g/mol. The Morgan fingerprint density at radius 3 is 2.55 bits per heavy atom. The highest BCUT2D eigenvalue weighted by atomic mass is 19.1. The molecular weight excluding hydrogens is 519 g/mol. The maximum atomic E-state index is 15.2. The number of carbonyl (C=O) groups excluding carboxylic acids is 1. The second-order valence-electron chi connectivity index (χ2n) is 10.7. The molecule has 5 rings (SSSR count). The highest BCUT2D eigenvalue weighted by Crippen LogP contribution is 2.39. The summed E-state index contributed by atoms with van der Waals surface area (Å²) in [7, 11) is 1.58. The number of nitrogens with zero attached hydrogens (tertiary/aromatic N) is 3. The van der Waals surface area contributed by atoms with Gasteiger partial charge in [0.25, 0.3) is 0 Å². The molecule has 7 nitrogen and oxygen atoms in total. The van der Waals surface area contributed by atoms with Gasteiger partial charge < -0.3 is 20.3 Å². The average molecular weight is 554 g/mol. The molecule has 1 fully saturated rings. The van der Waals surface area contributed by atoms with Crippen molar-refractivity contribution >= 4 is 11.7 Å². The molecule has 1 aliphatic heterocycles. The third-order valence-electron chi connectivity index (χ3n) is 7.76. The predicted octanol–water partition coefficient (Wildman–Crippen LogP) is 5.71. The molecular formula is C30H34F3N5O2. The van der Waals surface area contributed by atoms with Gasteiger partial charge in [-0.2, -0.15) is 0 Å². The summed E-state index contributed by atoms with van der Waals surface area (Å²) in [6, 6.07) is 8.04. The molecule has 0 spiro atoms. The quantitative estimate of drug-likeness (QED) is 0.409. The van der Waals surface area contributed by atoms with Crippen molar-refractivity contribution < 1.29 is 22.7 Å². The van der Waals surface area contributed by atoms with Crippen LogP contribution in [0.1, 0.15) is 62.4 Å². The van der Waals surface area contributed by atoms with Crippen molar-refractivity contribution in [1.29, 1.82) is 0 Å². The molecule has 0 saturated heterocycles. The molecule has 40 heavy (non-hydrogen) atoms. The average Bonchev–Trinajstić information content (AvgIpc) is 2.94. The Morgan fingerprint density at radius 2 is 1.85 bits per heavy atom. The summed E-state index contributed by atoms with van der Waals surface area (Å²) in [5, 5.41) is 5.48. The molecule has 2 heterocycles. The summed E-state index contributed by atoms with van der Waals surface area (Å²) in [5.74, 6) is -0.996. The summed E-state index contributed by atoms with van der Waals surface area (Å²) in [6.45, 7) is 4.98. The minimum Gasteiger partial charge on any atom is -0.486 e. The minimum absolute atomic E-state index is 0.0137. The molecule has 1 aromatic heterocycles. The highest BCUT2D eigenvalue weighted by Gasteiger charge is 2.27. The number of anilines is 1. The van der Waals surface area contributed by atoms with Crippen molar-refractivity contribution in [3.8, 4) is 17.0 Å². The number of fused-ring (bicyclic) bond motifs is 1. The van der Waals surface area contributed by atoms with Gasteiger partial charge in [0, 0.05) is 31.1 Å². The Morgan fingerprint density at radius 1 is 1.07 bits per heavy atom. The SMILES string of the molecule is CNC(=O)NC1CCC(c2ccc(Cc3ncc(F)c(-c4cc(F)c5c(c4)N(C(C)C)CCO5)n3)cc2F)CC1. The number of urea groups is 1. The van der Waals surface area contributed by atoms with Crippen molar-refractivity contribution in [1.82, 2.24) is 20.6 Å². The van der Waals surface area contributed by atoms with Crippen molar-refractivity contribution in [3.05, 3.63) is 70.9 Å². The number of hydrogen-bond donors (Lipinski definition) is 2. The van der Waals surface area contributed by atoms with Gasteiger partial charge in [-0.1, -0.05) is 12.1 Å². The number of benzene rings is 2. The largest absolute Gasteiger partial charge is 0.486 e. The van der Waals surface area contributed by atoms with E-state index in [-0.39, 0.29) is 53.3 Å². The number of rotatable bonds is 6. The summed E-state index contributed by atoms with van der Waals surface area (Å²) < 4.78 is 50.6. The lowest BCUT2D eigenvalue weighted by Crippen LogP contribution is -2.42. The van der Waals surface area contributed by atoms with Crippen LogP contribution in [0.4, 0.5) is 23.7 Å². The Labute approximate surface area is 232 Å². The Kier molecular flexibility index (Phi) is 8.14. The number of carbonyl (C=O) groups is 1. The van der Waals surface area contributed by atoms with E-state index in [0.29, 0.717) is 35.8 Å². The lowest BCUT2D eigenvalue weighted by atomic mass is 9.81. The van der Waals surface area contributed by atoms with Crippen LogP contribution in [0.15, 0.2) is 36.5 Å². The van der Waals surface area contributed by atoms with E-state index in [9.17, 15) is 13.6 Å². The van der Waals surface area contributed by atoms with Crippen LogP contribution in [-0.2, 0) is 6.42 Å². The second-order valence-corrected chi connectivity index (χ2v) is 10.7. The standard InChI is InChI=1S/C30H34F3N5O2/c1-17(2)38-10-11-40-29-24(32)14-20(15-26(29)38)28-25(33)16-35-27(37-28)13-18-4-9-22(23(31)12-18)19-5-7-21(8-6-19)36-30(39)34-3/h4,9,12,14-17,19,21H,5-8,10-11,13H2,1-3H3,(H2,34,36,39). The molecule has 10 heteroatoms. The van der Waals surface area contributed by atoms with Gasteiger partial charge in [-0.3, -0.25) is 0 Å². The van der Waals surface area contributed by atoms with E-state index in [1.165, 1.54) is 12.1 Å². The number of hydrogen-bond acceptors (Lipinski definition) is 5. The van der Waals surface area contributed by atoms with Gasteiger partial charge in [0.2, 0.25) is 0 Å². The number of nitrogens with one attached hydrogen (secondary N) is 2. The van der Waals surface area contributed by atoms with Crippen LogP contribution in [0, 0.1) is 17.5 Å². The number of amides is 2. The topological polar surface area (TPSA) is 79.4 Å². The van der Waals surface area contributed by atoms with E-state index in [1.807, 2.05) is 24.8 Å². The maximum Gasteiger partial charge on any atom is 0.314 e. The van der Waals surface area contributed by atoms with E-state index in [0.717, 1.165) is 31.9 Å². The Hall–Kier alpha value is -3.82. The first-order chi connectivity index (χ1) is 19.2. The van der Waals surface area contributed by atoms with Gasteiger partial charge >= 0.3 is 6.03 Å². The molecule has 2 aliphatic rings. The van der Waals surface area contributed by atoms with E-state index < -0.39 is 11.6 Å². The lowest BCUT2D eigenvalue weighted by molar-refractivity contribution is 0.233. The summed E-state index contributed by atoms with van der Waals surface area (Å²) >= 11 is 0. The first-order valence-electron chi connectivity index (χ1n) is 13.7. The molecule has 2 amide bonds. The van der Waals surface area contributed by atoms with Crippen molar-refractivity contribution in [2.45, 2.75) is 64.0 Å². The first kappa shape index (κ1) is 27.7. The zero-order valence-electron chi connectivity index (χ0n) is 22.9. The molecule has 2 aromatic carbocycles. The molecule has 1 saturated carbocycles. The summed E-state index contributed by atoms with van der Waals surface area (Å²) in [4.78, 5) is 22.1. The highest BCUT2D eigenvalue weighted by molar-refractivity contribution is 5.74. The van der Waals surface area contributed by atoms with E-state index in [2.05, 4.69) is 20.6 Å². The first-order valence-corrected chi connectivity index (χ1v) is 13.7. The van der Waals surface area contributed by atoms with Crippen LogP contribution < -0.4 is 20.3 Å². The predicted molar refractivity (Wildman–Crippen MR) is 147 cm³/mol. The molecule has 2 N–H and O–H groups in total. The number of ether oxygens (including phenoxy) is 1. The van der Waals surface area contributed by atoms with Crippen LogP contribution in [0.3, 0.4) is 0 Å². The van der Waals surface area contributed by atoms with Crippen LogP contribution in [0.5, 0.6) is 5.75 Å². The third kappa shape index (κ3) is 5.85. The Balaban J connectivity index is 1.33.